The summed E-state index contributed by atoms with van der Waals surface area (Å²) in [7, 11) is 1.55. The van der Waals surface area contributed by atoms with Crippen LogP contribution < -0.4 is 16.4 Å². The molecule has 0 spiro atoms. The molecule has 0 saturated carbocycles. The standard InChI is InChI=1S/C20H24N6O5/c1-9-14(23-4-3-10-5-22-8-24-10)17(28)13-11(7-31-19(21)29)20(30-2)18-12(25-18)6-26(20)15(13)16(9)27/h5,8,11-12,18,23,25H,3-4,6-7H2,1-2H3,(H2,21,29)(H,22,24)/t11?,12?,18?,20-/m1/s1. The number of H-pyrrole nitrogens is 1. The van der Waals surface area contributed by atoms with E-state index in [-0.39, 0.29) is 36.0 Å². The Morgan fingerprint density at radius 3 is 2.90 bits per heavy atom. The van der Waals surface area contributed by atoms with E-state index in [0.29, 0.717) is 36.4 Å². The molecule has 4 heterocycles. The van der Waals surface area contributed by atoms with Crippen LogP contribution in [0.15, 0.2) is 35.1 Å². The third-order valence-electron chi connectivity index (χ3n) is 6.68. The van der Waals surface area contributed by atoms with Crippen molar-refractivity contribution < 1.29 is 23.9 Å². The second-order valence-electron chi connectivity index (χ2n) is 8.17. The first kappa shape index (κ1) is 19.8. The van der Waals surface area contributed by atoms with Gasteiger partial charge in [0.25, 0.3) is 0 Å². The fourth-order valence-electron chi connectivity index (χ4n) is 5.25. The lowest BCUT2D eigenvalue weighted by atomic mass is 9.82. The number of piperazine rings is 1. The summed E-state index contributed by atoms with van der Waals surface area (Å²) in [6, 6.07) is 0.0912. The maximum Gasteiger partial charge on any atom is 0.404 e. The number of carbonyl (C=O) groups is 3. The number of Topliss-reactive ketones (excluding diaryl/α,β-unsaturated/α-hetero) is 2. The number of methoxy groups -OCH3 is 1. The molecule has 1 aliphatic carbocycles. The van der Waals surface area contributed by atoms with E-state index in [1.54, 1.807) is 26.6 Å². The number of carbonyl (C=O) groups excluding carboxylic acids is 3. The van der Waals surface area contributed by atoms with Gasteiger partial charge in [0.15, 0.2) is 5.72 Å². The Labute approximate surface area is 178 Å². The molecule has 4 atom stereocenters. The molecule has 0 radical (unpaired) electrons. The van der Waals surface area contributed by atoms with E-state index in [4.69, 9.17) is 15.2 Å². The molecule has 4 aliphatic rings. The monoisotopic (exact) mass is 428 g/mol. The zero-order chi connectivity index (χ0) is 21.9. The van der Waals surface area contributed by atoms with Crippen molar-refractivity contribution >= 4 is 17.7 Å². The number of ketones is 2. The minimum absolute atomic E-state index is 0.0673. The van der Waals surface area contributed by atoms with Crippen LogP contribution in [-0.2, 0) is 25.5 Å². The number of nitrogens with two attached hydrogens (primary N) is 1. The molecule has 11 heteroatoms. The average molecular weight is 428 g/mol. The minimum atomic E-state index is -0.970. The highest BCUT2D eigenvalue weighted by atomic mass is 16.6. The Balaban J connectivity index is 1.47. The number of hydrogen-bond donors (Lipinski definition) is 4. The number of aromatic nitrogens is 2. The zero-order valence-electron chi connectivity index (χ0n) is 17.2. The van der Waals surface area contributed by atoms with Crippen LogP contribution in [0, 0.1) is 5.92 Å². The second-order valence-corrected chi connectivity index (χ2v) is 8.17. The third kappa shape index (κ3) is 2.73. The van der Waals surface area contributed by atoms with Crippen molar-refractivity contribution in [2.45, 2.75) is 31.2 Å². The number of fused-ring (bicyclic) bond motifs is 4. The molecule has 164 valence electrons. The van der Waals surface area contributed by atoms with E-state index in [9.17, 15) is 14.4 Å². The van der Waals surface area contributed by atoms with Gasteiger partial charge in [-0.15, -0.1) is 0 Å². The molecule has 1 amide bonds. The third-order valence-corrected chi connectivity index (χ3v) is 6.68. The number of hydrogen-bond acceptors (Lipinski definition) is 9. The number of nitrogens with zero attached hydrogens (tertiary/aromatic N) is 2. The van der Waals surface area contributed by atoms with Crippen molar-refractivity contribution in [3.63, 3.8) is 0 Å². The van der Waals surface area contributed by atoms with Gasteiger partial charge in [0, 0.05) is 55.7 Å². The molecule has 5 rings (SSSR count). The Kier molecular flexibility index (Phi) is 4.41. The van der Waals surface area contributed by atoms with Crippen LogP contribution in [0.2, 0.25) is 0 Å². The topological polar surface area (TPSA) is 162 Å². The van der Waals surface area contributed by atoms with Crippen molar-refractivity contribution in [3.05, 3.63) is 40.8 Å². The molecule has 1 aromatic rings. The van der Waals surface area contributed by atoms with Gasteiger partial charge in [-0.25, -0.2) is 9.78 Å². The first-order chi connectivity index (χ1) is 14.9. The highest BCUT2D eigenvalue weighted by Gasteiger charge is 2.72. The molecule has 0 aromatic carbocycles. The molecule has 2 fully saturated rings. The lowest BCUT2D eigenvalue weighted by molar-refractivity contribution is -0.137. The normalized spacial score (nSPS) is 31.0. The summed E-state index contributed by atoms with van der Waals surface area (Å²) >= 11 is 0. The summed E-state index contributed by atoms with van der Waals surface area (Å²) in [6.07, 6.45) is 2.97. The Morgan fingerprint density at radius 2 is 2.23 bits per heavy atom. The number of imidazole rings is 1. The van der Waals surface area contributed by atoms with E-state index >= 15 is 0 Å². The van der Waals surface area contributed by atoms with E-state index in [2.05, 4.69) is 20.6 Å². The number of ether oxygens (including phenoxy) is 2. The molecular weight excluding hydrogens is 404 g/mol. The molecular formula is C20H24N6O5. The largest absolute Gasteiger partial charge is 0.449 e. The molecule has 2 saturated heterocycles. The summed E-state index contributed by atoms with van der Waals surface area (Å²) in [4.78, 5) is 47.2. The molecule has 3 aliphatic heterocycles. The quantitative estimate of drug-likeness (QED) is 0.313. The fourth-order valence-corrected chi connectivity index (χ4v) is 5.25. The van der Waals surface area contributed by atoms with E-state index in [1.807, 2.05) is 4.90 Å². The van der Waals surface area contributed by atoms with Crippen LogP contribution in [0.4, 0.5) is 4.79 Å². The zero-order valence-corrected chi connectivity index (χ0v) is 17.2. The van der Waals surface area contributed by atoms with E-state index < -0.39 is 17.7 Å². The van der Waals surface area contributed by atoms with Gasteiger partial charge in [-0.2, -0.15) is 0 Å². The van der Waals surface area contributed by atoms with Gasteiger partial charge in [0.1, 0.15) is 6.61 Å². The van der Waals surface area contributed by atoms with Crippen molar-refractivity contribution in [2.75, 3.05) is 26.8 Å². The summed E-state index contributed by atoms with van der Waals surface area (Å²) < 4.78 is 11.1. The van der Waals surface area contributed by atoms with Crippen LogP contribution in [0.25, 0.3) is 0 Å². The van der Waals surface area contributed by atoms with Gasteiger partial charge in [-0.05, 0) is 6.92 Å². The highest BCUT2D eigenvalue weighted by Crippen LogP contribution is 2.55. The summed E-state index contributed by atoms with van der Waals surface area (Å²) in [5, 5.41) is 6.46. The number of aromatic amines is 1. The van der Waals surface area contributed by atoms with Crippen LogP contribution >= 0.6 is 0 Å². The van der Waals surface area contributed by atoms with Crippen LogP contribution in [0.5, 0.6) is 0 Å². The summed E-state index contributed by atoms with van der Waals surface area (Å²) in [5.41, 5.74) is 6.43. The molecule has 11 nitrogen and oxygen atoms in total. The van der Waals surface area contributed by atoms with E-state index in [0.717, 1.165) is 5.69 Å². The molecule has 0 bridgehead atoms. The first-order valence-corrected chi connectivity index (χ1v) is 10.2. The SMILES string of the molecule is CO[C@@]12C(COC(N)=O)C3=C(C(=O)C(C)=C(NCCc4cnc[nH]4)C3=O)N1CC1NC12. The van der Waals surface area contributed by atoms with E-state index in [1.165, 1.54) is 0 Å². The van der Waals surface area contributed by atoms with Crippen LogP contribution in [-0.4, -0.2) is 77.1 Å². The van der Waals surface area contributed by atoms with Crippen molar-refractivity contribution in [1.82, 2.24) is 25.5 Å². The summed E-state index contributed by atoms with van der Waals surface area (Å²) in [6.45, 7) is 2.49. The Bertz CT molecular complexity index is 1030. The number of rotatable bonds is 7. The molecule has 3 unspecified atom stereocenters. The lowest BCUT2D eigenvalue weighted by Gasteiger charge is -2.39. The maximum atomic E-state index is 13.6. The van der Waals surface area contributed by atoms with Gasteiger partial charge in [-0.1, -0.05) is 0 Å². The van der Waals surface area contributed by atoms with Gasteiger partial charge in [0.05, 0.1) is 29.7 Å². The predicted molar refractivity (Wildman–Crippen MR) is 106 cm³/mol. The van der Waals surface area contributed by atoms with Gasteiger partial charge >= 0.3 is 6.09 Å². The Hall–Kier alpha value is -3.18. The first-order valence-electron chi connectivity index (χ1n) is 10.2. The fraction of sp³-hybridized carbons (Fsp3) is 0.500. The predicted octanol–water partition coefficient (Wildman–Crippen LogP) is -1.05. The number of nitrogens with one attached hydrogen (secondary N) is 3. The molecule has 5 N–H and O–H groups in total. The Morgan fingerprint density at radius 1 is 1.42 bits per heavy atom. The average Bonchev–Trinajstić information content (AvgIpc) is 3.11. The number of allylic oxidation sites excluding steroid dienone is 2. The maximum absolute atomic E-state index is 13.6. The minimum Gasteiger partial charge on any atom is -0.449 e. The molecule has 1 aromatic heterocycles. The number of amides is 1. The molecule has 31 heavy (non-hydrogen) atoms. The van der Waals surface area contributed by atoms with Crippen molar-refractivity contribution in [3.8, 4) is 0 Å². The van der Waals surface area contributed by atoms with Crippen molar-refractivity contribution in [2.24, 2.45) is 11.7 Å². The van der Waals surface area contributed by atoms with Gasteiger partial charge < -0.3 is 35.7 Å². The van der Waals surface area contributed by atoms with Gasteiger partial charge in [0.2, 0.25) is 11.6 Å². The van der Waals surface area contributed by atoms with Crippen LogP contribution in [0.3, 0.4) is 0 Å². The second kappa shape index (κ2) is 6.92. The van der Waals surface area contributed by atoms with Gasteiger partial charge in [-0.3, -0.25) is 9.59 Å². The number of primary amides is 1. The smallest absolute Gasteiger partial charge is 0.404 e. The summed E-state index contributed by atoms with van der Waals surface area (Å²) in [5.74, 6) is -1.14. The van der Waals surface area contributed by atoms with Crippen molar-refractivity contribution in [1.29, 1.82) is 0 Å². The lowest BCUT2D eigenvalue weighted by Crippen LogP contribution is -2.55. The van der Waals surface area contributed by atoms with Crippen LogP contribution in [0.1, 0.15) is 12.6 Å². The highest BCUT2D eigenvalue weighted by molar-refractivity contribution is 6.25.